The minimum Gasteiger partial charge on any atom is -0.480 e. The number of amides is 1. The van der Waals surface area contributed by atoms with Gasteiger partial charge in [0.1, 0.15) is 5.82 Å². The summed E-state index contributed by atoms with van der Waals surface area (Å²) in [6, 6.07) is 4.56. The van der Waals surface area contributed by atoms with Crippen LogP contribution in [-0.4, -0.2) is 47.1 Å². The summed E-state index contributed by atoms with van der Waals surface area (Å²) in [6.45, 7) is 0.870. The number of carboxylic acid groups (broad SMARTS) is 1. The molecule has 2 aliphatic rings. The van der Waals surface area contributed by atoms with Gasteiger partial charge in [-0.3, -0.25) is 14.5 Å². The highest BCUT2D eigenvalue weighted by Crippen LogP contribution is 2.33. The Labute approximate surface area is 151 Å². The van der Waals surface area contributed by atoms with Crippen LogP contribution in [0.3, 0.4) is 0 Å². The predicted octanol–water partition coefficient (Wildman–Crippen LogP) is 2.47. The fourth-order valence-corrected chi connectivity index (χ4v) is 3.52. The molecule has 2 aliphatic carbocycles. The molecule has 136 valence electrons. The Kier molecular flexibility index (Phi) is 5.59. The van der Waals surface area contributed by atoms with E-state index in [2.05, 4.69) is 5.32 Å². The molecule has 0 atom stereocenters. The summed E-state index contributed by atoms with van der Waals surface area (Å²) < 4.78 is 13.7. The van der Waals surface area contributed by atoms with Crippen LogP contribution in [-0.2, 0) is 16.0 Å². The van der Waals surface area contributed by atoms with Crippen LogP contribution < -0.4 is 5.32 Å². The fourth-order valence-electron chi connectivity index (χ4n) is 3.29. The number of halogens is 2. The first-order valence-corrected chi connectivity index (χ1v) is 8.98. The monoisotopic (exact) mass is 368 g/mol. The van der Waals surface area contributed by atoms with Gasteiger partial charge in [-0.1, -0.05) is 17.7 Å². The quantitative estimate of drug-likeness (QED) is 0.739. The van der Waals surface area contributed by atoms with Gasteiger partial charge in [-0.15, -0.1) is 0 Å². The van der Waals surface area contributed by atoms with Crippen LogP contribution in [0.5, 0.6) is 0 Å². The molecule has 2 N–H and O–H groups in total. The molecule has 0 bridgehead atoms. The number of carbonyl (C=O) groups is 2. The molecule has 1 amide bonds. The molecule has 25 heavy (non-hydrogen) atoms. The van der Waals surface area contributed by atoms with Gasteiger partial charge in [-0.25, -0.2) is 4.39 Å². The summed E-state index contributed by atoms with van der Waals surface area (Å²) in [5.74, 6) is -0.938. The Balaban J connectivity index is 1.47. The molecule has 0 aliphatic heterocycles. The first-order chi connectivity index (χ1) is 11.9. The summed E-state index contributed by atoms with van der Waals surface area (Å²) in [6.07, 6.45) is 3.72. The molecule has 0 aromatic heterocycles. The number of rotatable bonds is 8. The second kappa shape index (κ2) is 7.70. The van der Waals surface area contributed by atoms with Crippen LogP contribution in [0.1, 0.15) is 31.2 Å². The van der Waals surface area contributed by atoms with Crippen molar-refractivity contribution < 1.29 is 19.1 Å². The van der Waals surface area contributed by atoms with E-state index in [-0.39, 0.29) is 41.5 Å². The maximum absolute atomic E-state index is 13.7. The summed E-state index contributed by atoms with van der Waals surface area (Å²) >= 11 is 5.94. The standard InChI is InChI=1S/C18H22ClFN2O3/c19-15-2-1-3-16(20)14(15)8-17(23)21-12-6-13(7-12)22(10-18(24)25)9-11-4-5-11/h1-3,11-13H,4-10H2,(H,21,23)(H,24,25). The molecule has 7 heteroatoms. The van der Waals surface area contributed by atoms with Crippen molar-refractivity contribution in [3.8, 4) is 0 Å². The SMILES string of the molecule is O=C(O)CN(CC1CC1)C1CC(NC(=O)Cc2c(F)cccc2Cl)C1. The Bertz CT molecular complexity index is 639. The number of hydrogen-bond donors (Lipinski definition) is 2. The van der Waals surface area contributed by atoms with E-state index >= 15 is 0 Å². The Morgan fingerprint density at radius 2 is 2.04 bits per heavy atom. The molecule has 1 aromatic carbocycles. The molecule has 0 spiro atoms. The Hall–Kier alpha value is -1.66. The van der Waals surface area contributed by atoms with E-state index in [0.717, 1.165) is 19.4 Å². The van der Waals surface area contributed by atoms with Crippen molar-refractivity contribution in [2.24, 2.45) is 5.92 Å². The predicted molar refractivity (Wildman–Crippen MR) is 92.0 cm³/mol. The molecule has 0 radical (unpaired) electrons. The number of carbonyl (C=O) groups excluding carboxylic acids is 1. The van der Waals surface area contributed by atoms with Gasteiger partial charge in [0.25, 0.3) is 0 Å². The summed E-state index contributed by atoms with van der Waals surface area (Å²) in [5, 5.41) is 12.2. The smallest absolute Gasteiger partial charge is 0.317 e. The third-order valence-corrected chi connectivity index (χ3v) is 5.28. The second-order valence-electron chi connectivity index (χ2n) is 7.03. The molecular weight excluding hydrogens is 347 g/mol. The lowest BCUT2D eigenvalue weighted by Crippen LogP contribution is -2.55. The highest BCUT2D eigenvalue weighted by Gasteiger charge is 2.37. The zero-order valence-corrected chi connectivity index (χ0v) is 14.6. The van der Waals surface area contributed by atoms with E-state index in [0.29, 0.717) is 5.92 Å². The van der Waals surface area contributed by atoms with Gasteiger partial charge in [-0.2, -0.15) is 0 Å². The van der Waals surface area contributed by atoms with Gasteiger partial charge in [0.2, 0.25) is 5.91 Å². The number of nitrogens with zero attached hydrogens (tertiary/aromatic N) is 1. The van der Waals surface area contributed by atoms with E-state index in [1.165, 1.54) is 25.0 Å². The Morgan fingerprint density at radius 1 is 1.32 bits per heavy atom. The van der Waals surface area contributed by atoms with Gasteiger partial charge < -0.3 is 10.4 Å². The molecule has 0 heterocycles. The molecule has 5 nitrogen and oxygen atoms in total. The average Bonchev–Trinajstić information content (AvgIpc) is 3.29. The lowest BCUT2D eigenvalue weighted by Gasteiger charge is -2.42. The summed E-state index contributed by atoms with van der Waals surface area (Å²) in [4.78, 5) is 25.2. The van der Waals surface area contributed by atoms with E-state index in [4.69, 9.17) is 16.7 Å². The number of nitrogens with one attached hydrogen (secondary N) is 1. The van der Waals surface area contributed by atoms with E-state index in [1.54, 1.807) is 6.07 Å². The third kappa shape index (κ3) is 4.92. The molecular formula is C18H22ClFN2O3. The van der Waals surface area contributed by atoms with Crippen molar-refractivity contribution in [1.82, 2.24) is 10.2 Å². The second-order valence-corrected chi connectivity index (χ2v) is 7.44. The van der Waals surface area contributed by atoms with Crippen LogP contribution in [0.4, 0.5) is 4.39 Å². The lowest BCUT2D eigenvalue weighted by molar-refractivity contribution is -0.140. The molecule has 3 rings (SSSR count). The van der Waals surface area contributed by atoms with Gasteiger partial charge >= 0.3 is 5.97 Å². The minimum absolute atomic E-state index is 0.0125. The van der Waals surface area contributed by atoms with Crippen molar-refractivity contribution in [2.45, 2.75) is 44.2 Å². The van der Waals surface area contributed by atoms with Crippen molar-refractivity contribution in [3.05, 3.63) is 34.6 Å². The zero-order chi connectivity index (χ0) is 18.0. The van der Waals surface area contributed by atoms with Crippen molar-refractivity contribution >= 4 is 23.5 Å². The highest BCUT2D eigenvalue weighted by atomic mass is 35.5. The van der Waals surface area contributed by atoms with Crippen LogP contribution >= 0.6 is 11.6 Å². The average molecular weight is 369 g/mol. The Morgan fingerprint density at radius 3 is 2.64 bits per heavy atom. The molecule has 2 saturated carbocycles. The number of benzene rings is 1. The van der Waals surface area contributed by atoms with E-state index in [9.17, 15) is 14.0 Å². The molecule has 0 saturated heterocycles. The minimum atomic E-state index is -0.817. The molecule has 2 fully saturated rings. The van der Waals surface area contributed by atoms with Crippen LogP contribution in [0.25, 0.3) is 0 Å². The van der Waals surface area contributed by atoms with E-state index in [1.807, 2.05) is 4.90 Å². The first kappa shape index (κ1) is 18.1. The number of hydrogen-bond acceptors (Lipinski definition) is 3. The van der Waals surface area contributed by atoms with Crippen LogP contribution in [0, 0.1) is 11.7 Å². The molecule has 1 aromatic rings. The number of aliphatic carboxylic acids is 1. The molecule has 0 unspecified atom stereocenters. The maximum atomic E-state index is 13.7. The summed E-state index contributed by atoms with van der Waals surface area (Å²) in [7, 11) is 0. The van der Waals surface area contributed by atoms with Crippen molar-refractivity contribution in [2.75, 3.05) is 13.1 Å². The zero-order valence-electron chi connectivity index (χ0n) is 13.9. The van der Waals surface area contributed by atoms with Crippen molar-refractivity contribution in [1.29, 1.82) is 0 Å². The van der Waals surface area contributed by atoms with Crippen LogP contribution in [0.15, 0.2) is 18.2 Å². The third-order valence-electron chi connectivity index (χ3n) is 4.92. The fraction of sp³-hybridized carbons (Fsp3) is 0.556. The summed E-state index contributed by atoms with van der Waals surface area (Å²) in [5.41, 5.74) is 0.207. The lowest BCUT2D eigenvalue weighted by atomic mass is 9.85. The first-order valence-electron chi connectivity index (χ1n) is 8.60. The highest BCUT2D eigenvalue weighted by molar-refractivity contribution is 6.31. The number of carboxylic acids is 1. The topological polar surface area (TPSA) is 69.6 Å². The van der Waals surface area contributed by atoms with Gasteiger partial charge in [0, 0.05) is 29.2 Å². The normalized spacial score (nSPS) is 22.5. The van der Waals surface area contributed by atoms with Crippen LogP contribution in [0.2, 0.25) is 5.02 Å². The maximum Gasteiger partial charge on any atom is 0.317 e. The van der Waals surface area contributed by atoms with Crippen molar-refractivity contribution in [3.63, 3.8) is 0 Å². The largest absolute Gasteiger partial charge is 0.480 e. The van der Waals surface area contributed by atoms with Gasteiger partial charge in [0.15, 0.2) is 0 Å². The van der Waals surface area contributed by atoms with Gasteiger partial charge in [0.05, 0.1) is 13.0 Å². The van der Waals surface area contributed by atoms with Gasteiger partial charge in [-0.05, 0) is 43.7 Å². The van der Waals surface area contributed by atoms with E-state index < -0.39 is 11.8 Å².